The Morgan fingerprint density at radius 3 is 2.68 bits per heavy atom. The van der Waals surface area contributed by atoms with Crippen LogP contribution in [0.15, 0.2) is 10.6 Å². The highest BCUT2D eigenvalue weighted by Gasteiger charge is 2.30. The minimum absolute atomic E-state index is 0.150. The van der Waals surface area contributed by atoms with Crippen LogP contribution < -0.4 is 0 Å². The van der Waals surface area contributed by atoms with Gasteiger partial charge in [0.25, 0.3) is 5.91 Å². The lowest BCUT2D eigenvalue weighted by Crippen LogP contribution is -2.35. The van der Waals surface area contributed by atoms with Gasteiger partial charge in [0, 0.05) is 49.5 Å². The fraction of sp³-hybridized carbons (Fsp3) is 0.667. The van der Waals surface area contributed by atoms with Crippen molar-refractivity contribution < 1.29 is 9.32 Å². The molecule has 1 amide bonds. The van der Waals surface area contributed by atoms with Gasteiger partial charge in [0.15, 0.2) is 5.82 Å². The van der Waals surface area contributed by atoms with E-state index in [1.54, 1.807) is 0 Å². The van der Waals surface area contributed by atoms with Crippen molar-refractivity contribution in [2.75, 3.05) is 26.2 Å². The molecule has 0 aromatic carbocycles. The molecule has 2 aromatic rings. The second-order valence-electron chi connectivity index (χ2n) is 8.49. The molecule has 0 atom stereocenters. The Balaban J connectivity index is 1.39. The lowest BCUT2D eigenvalue weighted by molar-refractivity contribution is 0.0760. The normalized spacial score (nSPS) is 18.7. The van der Waals surface area contributed by atoms with Crippen molar-refractivity contribution in [2.45, 2.75) is 65.5 Å². The molecule has 28 heavy (non-hydrogen) atoms. The first-order valence-corrected chi connectivity index (χ1v) is 10.5. The van der Waals surface area contributed by atoms with E-state index in [-0.39, 0.29) is 5.91 Å². The van der Waals surface area contributed by atoms with Crippen LogP contribution in [-0.2, 0) is 6.54 Å². The number of amides is 1. The summed E-state index contributed by atoms with van der Waals surface area (Å²) in [7, 11) is 0. The zero-order valence-corrected chi connectivity index (χ0v) is 17.4. The Kier molecular flexibility index (Phi) is 5.27. The van der Waals surface area contributed by atoms with Crippen molar-refractivity contribution in [2.24, 2.45) is 0 Å². The summed E-state index contributed by atoms with van der Waals surface area (Å²) in [4.78, 5) is 22.0. The summed E-state index contributed by atoms with van der Waals surface area (Å²) in [6.45, 7) is 12.4. The number of aromatic nitrogens is 3. The van der Waals surface area contributed by atoms with Crippen molar-refractivity contribution in [3.05, 3.63) is 34.7 Å². The number of carbonyl (C=O) groups is 1. The summed E-state index contributed by atoms with van der Waals surface area (Å²) < 4.78 is 7.61. The second-order valence-corrected chi connectivity index (χ2v) is 8.49. The summed E-state index contributed by atoms with van der Waals surface area (Å²) in [5.41, 5.74) is 3.06. The maximum atomic E-state index is 13.2. The first-order chi connectivity index (χ1) is 13.4. The van der Waals surface area contributed by atoms with Crippen LogP contribution >= 0.6 is 0 Å². The predicted octanol–water partition coefficient (Wildman–Crippen LogP) is 3.29. The molecule has 2 fully saturated rings. The first-order valence-electron chi connectivity index (χ1n) is 10.5. The first kappa shape index (κ1) is 19.2. The number of carbonyl (C=O) groups excluding carboxylic acids is 1. The highest BCUT2D eigenvalue weighted by molar-refractivity contribution is 5.95. The van der Waals surface area contributed by atoms with Crippen molar-refractivity contribution in [3.8, 4) is 0 Å². The van der Waals surface area contributed by atoms with Crippen LogP contribution in [0.2, 0.25) is 0 Å². The van der Waals surface area contributed by atoms with E-state index >= 15 is 0 Å². The Bertz CT molecular complexity index is 849. The van der Waals surface area contributed by atoms with Crippen LogP contribution in [0.3, 0.4) is 0 Å². The van der Waals surface area contributed by atoms with Gasteiger partial charge < -0.3 is 14.0 Å². The third kappa shape index (κ3) is 3.85. The zero-order valence-electron chi connectivity index (χ0n) is 17.4. The highest BCUT2D eigenvalue weighted by atomic mass is 16.5. The van der Waals surface area contributed by atoms with E-state index in [0.717, 1.165) is 61.3 Å². The molecule has 0 unspecified atom stereocenters. The molecule has 0 bridgehead atoms. The van der Waals surface area contributed by atoms with Crippen molar-refractivity contribution in [1.29, 1.82) is 0 Å². The van der Waals surface area contributed by atoms with Gasteiger partial charge in [-0.2, -0.15) is 4.98 Å². The Morgan fingerprint density at radius 1 is 1.21 bits per heavy atom. The van der Waals surface area contributed by atoms with Gasteiger partial charge in [-0.05, 0) is 53.0 Å². The Hall–Kier alpha value is -2.15. The number of hydrogen-bond acceptors (Lipinski definition) is 5. The summed E-state index contributed by atoms with van der Waals surface area (Å²) in [6, 6.07) is 2.40. The van der Waals surface area contributed by atoms with Gasteiger partial charge >= 0.3 is 0 Å². The summed E-state index contributed by atoms with van der Waals surface area (Å²) in [6.07, 6.45) is 3.29. The highest BCUT2D eigenvalue weighted by Crippen LogP contribution is 2.38. The molecule has 2 aromatic heterocycles. The third-order valence-electron chi connectivity index (χ3n) is 5.88. The van der Waals surface area contributed by atoms with E-state index in [9.17, 15) is 4.79 Å². The van der Waals surface area contributed by atoms with E-state index < -0.39 is 0 Å². The van der Waals surface area contributed by atoms with E-state index in [1.807, 2.05) is 11.0 Å². The van der Waals surface area contributed by atoms with Crippen LogP contribution in [0.1, 0.15) is 78.5 Å². The average Bonchev–Trinajstić information content (AvgIpc) is 3.37. The maximum absolute atomic E-state index is 13.2. The fourth-order valence-electron chi connectivity index (χ4n) is 4.32. The molecule has 1 saturated carbocycles. The van der Waals surface area contributed by atoms with Gasteiger partial charge in [0.2, 0.25) is 5.89 Å². The van der Waals surface area contributed by atoms with Gasteiger partial charge in [-0.1, -0.05) is 5.16 Å². The maximum Gasteiger partial charge on any atom is 0.255 e. The van der Waals surface area contributed by atoms with Gasteiger partial charge in [0.05, 0.1) is 12.1 Å². The molecule has 0 spiro atoms. The molecule has 152 valence electrons. The van der Waals surface area contributed by atoms with E-state index in [0.29, 0.717) is 18.5 Å². The van der Waals surface area contributed by atoms with Gasteiger partial charge in [-0.3, -0.25) is 9.69 Å². The molecular weight excluding hydrogens is 354 g/mol. The van der Waals surface area contributed by atoms with Gasteiger partial charge in [-0.15, -0.1) is 0 Å². The van der Waals surface area contributed by atoms with Gasteiger partial charge in [-0.25, -0.2) is 0 Å². The number of aryl methyl sites for hydroxylation is 1. The quantitative estimate of drug-likeness (QED) is 0.790. The molecule has 7 nitrogen and oxygen atoms in total. The lowest BCUT2D eigenvalue weighted by Gasteiger charge is -2.21. The number of rotatable bonds is 5. The molecule has 4 rings (SSSR count). The standard InChI is InChI=1S/C21H31N5O2/c1-14(2)26-15(3)12-18(16(26)4)21(27)25-9-5-8-24(10-11-25)13-19-22-20(28-23-19)17-6-7-17/h12,14,17H,5-11,13H2,1-4H3. The largest absolute Gasteiger partial charge is 0.346 e. The SMILES string of the molecule is Cc1cc(C(=O)N2CCCN(Cc3noc(C4CC4)n3)CC2)c(C)n1C(C)C. The van der Waals surface area contributed by atoms with Crippen LogP contribution in [0.25, 0.3) is 0 Å². The molecule has 1 aliphatic heterocycles. The monoisotopic (exact) mass is 385 g/mol. The number of hydrogen-bond donors (Lipinski definition) is 0. The average molecular weight is 386 g/mol. The minimum atomic E-state index is 0.150. The van der Waals surface area contributed by atoms with Crippen LogP contribution in [-0.4, -0.2) is 56.6 Å². The Labute approximate surface area is 166 Å². The molecule has 3 heterocycles. The van der Waals surface area contributed by atoms with E-state index in [4.69, 9.17) is 4.52 Å². The zero-order chi connectivity index (χ0) is 19.8. The second kappa shape index (κ2) is 7.70. The van der Waals surface area contributed by atoms with E-state index in [1.165, 1.54) is 12.8 Å². The van der Waals surface area contributed by atoms with Crippen LogP contribution in [0.5, 0.6) is 0 Å². The van der Waals surface area contributed by atoms with Crippen LogP contribution in [0.4, 0.5) is 0 Å². The molecule has 2 aliphatic rings. The molecule has 1 aliphatic carbocycles. The fourth-order valence-corrected chi connectivity index (χ4v) is 4.32. The number of nitrogens with zero attached hydrogens (tertiary/aromatic N) is 5. The lowest BCUT2D eigenvalue weighted by atomic mass is 10.2. The van der Waals surface area contributed by atoms with Crippen molar-refractivity contribution >= 4 is 5.91 Å². The topological polar surface area (TPSA) is 67.4 Å². The van der Waals surface area contributed by atoms with Crippen LogP contribution in [0, 0.1) is 13.8 Å². The third-order valence-corrected chi connectivity index (χ3v) is 5.88. The molecule has 1 saturated heterocycles. The molecule has 0 radical (unpaired) electrons. The molecule has 0 N–H and O–H groups in total. The Morgan fingerprint density at radius 2 is 2.00 bits per heavy atom. The molecular formula is C21H31N5O2. The smallest absolute Gasteiger partial charge is 0.255 e. The molecule has 7 heteroatoms. The van der Waals surface area contributed by atoms with E-state index in [2.05, 4.69) is 47.3 Å². The summed E-state index contributed by atoms with van der Waals surface area (Å²) in [5, 5.41) is 4.13. The summed E-state index contributed by atoms with van der Waals surface area (Å²) in [5.74, 6) is 2.20. The van der Waals surface area contributed by atoms with Gasteiger partial charge in [0.1, 0.15) is 0 Å². The van der Waals surface area contributed by atoms with Crippen molar-refractivity contribution in [3.63, 3.8) is 0 Å². The van der Waals surface area contributed by atoms with Crippen molar-refractivity contribution in [1.82, 2.24) is 24.5 Å². The minimum Gasteiger partial charge on any atom is -0.346 e. The summed E-state index contributed by atoms with van der Waals surface area (Å²) >= 11 is 0. The predicted molar refractivity (Wildman–Crippen MR) is 106 cm³/mol.